The normalized spacial score (nSPS) is 19.1. The zero-order valence-corrected chi connectivity index (χ0v) is 8.08. The number of hydrogen-bond donors (Lipinski definition) is 0. The topological polar surface area (TPSA) is 0 Å². The average molecular weight is 173 g/mol. The van der Waals surface area contributed by atoms with Crippen molar-refractivity contribution in [3.63, 3.8) is 0 Å². The largest absolute Gasteiger partial charge is 0.0845 e. The molecule has 0 heteroatoms. The third-order valence-corrected chi connectivity index (χ3v) is 1.91. The molecule has 0 aromatic carbocycles. The minimum atomic E-state index is 1.03. The molecule has 0 amide bonds. The number of hydrogen-bond acceptors (Lipinski definition) is 0. The maximum atomic E-state index is 3.29. The maximum absolute atomic E-state index is 3.29. The summed E-state index contributed by atoms with van der Waals surface area (Å²) in [7, 11) is 0. The number of rotatable bonds is 0. The van der Waals surface area contributed by atoms with Crippen molar-refractivity contribution in [2.24, 2.45) is 0 Å². The van der Waals surface area contributed by atoms with E-state index in [0.29, 0.717) is 0 Å². The minimum Gasteiger partial charge on any atom is -0.0845 e. The predicted octanol–water partition coefficient (Wildman–Crippen LogP) is 3.98. The fourth-order valence-electron chi connectivity index (χ4n) is 1.18. The van der Waals surface area contributed by atoms with Crippen LogP contribution in [0, 0.1) is 6.08 Å². The molecule has 0 spiro atoms. The second-order valence-electron chi connectivity index (χ2n) is 3.10. The first-order valence-corrected chi connectivity index (χ1v) is 5.02. The Kier molecular flexibility index (Phi) is 5.87. The third-order valence-electron chi connectivity index (χ3n) is 1.91. The van der Waals surface area contributed by atoms with Crippen LogP contribution in [0.3, 0.4) is 0 Å². The molecule has 0 heterocycles. The third kappa shape index (κ3) is 6.15. The van der Waals surface area contributed by atoms with Crippen LogP contribution in [-0.4, -0.2) is 0 Å². The zero-order valence-electron chi connectivity index (χ0n) is 8.08. The Balaban J connectivity index is 2.38. The SMILES string of the molecule is [C]1=CCC=CCC=CC=CCCC1. The molecule has 69 valence electrons. The van der Waals surface area contributed by atoms with Gasteiger partial charge in [0.15, 0.2) is 0 Å². The van der Waals surface area contributed by atoms with Crippen LogP contribution in [-0.2, 0) is 0 Å². The predicted molar refractivity (Wildman–Crippen MR) is 58.3 cm³/mol. The lowest BCUT2D eigenvalue weighted by Crippen LogP contribution is -1.69. The molecule has 0 saturated heterocycles. The Morgan fingerprint density at radius 2 is 1.69 bits per heavy atom. The average Bonchev–Trinajstić information content (AvgIpc) is 2.18. The van der Waals surface area contributed by atoms with E-state index in [4.69, 9.17) is 0 Å². The fourth-order valence-corrected chi connectivity index (χ4v) is 1.18. The van der Waals surface area contributed by atoms with Crippen molar-refractivity contribution in [2.75, 3.05) is 0 Å². The van der Waals surface area contributed by atoms with Gasteiger partial charge in [-0.3, -0.25) is 0 Å². The molecule has 0 aromatic heterocycles. The first-order valence-electron chi connectivity index (χ1n) is 5.02. The molecule has 1 aliphatic rings. The highest BCUT2D eigenvalue weighted by Crippen LogP contribution is 2.00. The summed E-state index contributed by atoms with van der Waals surface area (Å²) >= 11 is 0. The molecule has 0 aliphatic heterocycles. The molecular weight excluding hydrogens is 156 g/mol. The summed E-state index contributed by atoms with van der Waals surface area (Å²) < 4.78 is 0. The molecule has 13 heavy (non-hydrogen) atoms. The van der Waals surface area contributed by atoms with Crippen molar-refractivity contribution in [3.05, 3.63) is 48.6 Å². The van der Waals surface area contributed by atoms with Crippen LogP contribution in [0.2, 0.25) is 0 Å². The lowest BCUT2D eigenvalue weighted by Gasteiger charge is -1.87. The van der Waals surface area contributed by atoms with Crippen LogP contribution in [0.1, 0.15) is 32.1 Å². The highest BCUT2D eigenvalue weighted by atomic mass is 13.9. The molecular formula is C13H17. The molecule has 0 fully saturated rings. The second kappa shape index (κ2) is 7.60. The molecule has 0 saturated carbocycles. The van der Waals surface area contributed by atoms with Crippen LogP contribution in [0.5, 0.6) is 0 Å². The van der Waals surface area contributed by atoms with E-state index in [1.807, 2.05) is 0 Å². The Labute approximate surface area is 81.4 Å². The van der Waals surface area contributed by atoms with Gasteiger partial charge in [0.25, 0.3) is 0 Å². The van der Waals surface area contributed by atoms with Crippen molar-refractivity contribution in [2.45, 2.75) is 32.1 Å². The summed E-state index contributed by atoms with van der Waals surface area (Å²) in [6.45, 7) is 0. The van der Waals surface area contributed by atoms with Crippen molar-refractivity contribution < 1.29 is 0 Å². The molecule has 1 aliphatic carbocycles. The van der Waals surface area contributed by atoms with Gasteiger partial charge in [-0.05, 0) is 38.2 Å². The van der Waals surface area contributed by atoms with E-state index in [2.05, 4.69) is 48.6 Å². The Bertz CT molecular complexity index is 216. The molecule has 0 unspecified atom stereocenters. The summed E-state index contributed by atoms with van der Waals surface area (Å²) in [6, 6.07) is 0. The smallest absolute Gasteiger partial charge is 0.0163 e. The summed E-state index contributed by atoms with van der Waals surface area (Å²) in [5.41, 5.74) is 0. The van der Waals surface area contributed by atoms with E-state index in [1.54, 1.807) is 0 Å². The van der Waals surface area contributed by atoms with E-state index < -0.39 is 0 Å². The van der Waals surface area contributed by atoms with Crippen LogP contribution in [0.25, 0.3) is 0 Å². The van der Waals surface area contributed by atoms with E-state index >= 15 is 0 Å². The minimum absolute atomic E-state index is 1.03. The van der Waals surface area contributed by atoms with Crippen molar-refractivity contribution in [1.82, 2.24) is 0 Å². The van der Waals surface area contributed by atoms with Gasteiger partial charge < -0.3 is 0 Å². The fraction of sp³-hybridized carbons (Fsp3) is 0.385. The van der Waals surface area contributed by atoms with Crippen LogP contribution in [0.15, 0.2) is 42.5 Å². The molecule has 0 bridgehead atoms. The van der Waals surface area contributed by atoms with Crippen LogP contribution < -0.4 is 0 Å². The monoisotopic (exact) mass is 173 g/mol. The summed E-state index contributed by atoms with van der Waals surface area (Å²) in [6.07, 6.45) is 24.0. The molecule has 0 N–H and O–H groups in total. The van der Waals surface area contributed by atoms with Crippen molar-refractivity contribution in [3.8, 4) is 0 Å². The van der Waals surface area contributed by atoms with Crippen LogP contribution >= 0.6 is 0 Å². The zero-order chi connectivity index (χ0) is 9.19. The van der Waals surface area contributed by atoms with Gasteiger partial charge in [-0.25, -0.2) is 0 Å². The van der Waals surface area contributed by atoms with Gasteiger partial charge in [0.2, 0.25) is 0 Å². The summed E-state index contributed by atoms with van der Waals surface area (Å²) in [5.74, 6) is 0. The van der Waals surface area contributed by atoms with Gasteiger partial charge in [0.05, 0.1) is 0 Å². The molecule has 0 nitrogen and oxygen atoms in total. The molecule has 0 atom stereocenters. The number of allylic oxidation sites excluding steroid dienone is 8. The highest BCUT2D eigenvalue weighted by Gasteiger charge is 1.81. The molecule has 1 radical (unpaired) electrons. The molecule has 1 rings (SSSR count). The van der Waals surface area contributed by atoms with Crippen molar-refractivity contribution in [1.29, 1.82) is 0 Å². The summed E-state index contributed by atoms with van der Waals surface area (Å²) in [5, 5.41) is 0. The quantitative estimate of drug-likeness (QED) is 0.486. The summed E-state index contributed by atoms with van der Waals surface area (Å²) in [4.78, 5) is 0. The van der Waals surface area contributed by atoms with Crippen LogP contribution in [0.4, 0.5) is 0 Å². The van der Waals surface area contributed by atoms with E-state index in [9.17, 15) is 0 Å². The maximum Gasteiger partial charge on any atom is -0.0163 e. The second-order valence-corrected chi connectivity index (χ2v) is 3.10. The Morgan fingerprint density at radius 3 is 2.69 bits per heavy atom. The van der Waals surface area contributed by atoms with E-state index in [-0.39, 0.29) is 0 Å². The van der Waals surface area contributed by atoms with E-state index in [1.165, 1.54) is 12.8 Å². The standard InChI is InChI=1S/C13H17/c1-2-4-6-8-10-12-13-11-9-7-5-3-1/h1-4,7,9,13H,5-6,8,10-11H2. The first-order chi connectivity index (χ1) is 6.50. The Morgan fingerprint density at radius 1 is 0.846 bits per heavy atom. The molecule has 0 aromatic rings. The lowest BCUT2D eigenvalue weighted by atomic mass is 10.2. The highest BCUT2D eigenvalue weighted by molar-refractivity contribution is 5.05. The van der Waals surface area contributed by atoms with Gasteiger partial charge in [0, 0.05) is 0 Å². The van der Waals surface area contributed by atoms with E-state index in [0.717, 1.165) is 19.3 Å². The van der Waals surface area contributed by atoms with Gasteiger partial charge in [-0.2, -0.15) is 0 Å². The van der Waals surface area contributed by atoms with Gasteiger partial charge in [0.1, 0.15) is 0 Å². The first kappa shape index (κ1) is 10.0. The Hall–Kier alpha value is -1.04. The lowest BCUT2D eigenvalue weighted by molar-refractivity contribution is 0.852. The van der Waals surface area contributed by atoms with Gasteiger partial charge in [-0.15, -0.1) is 0 Å². The van der Waals surface area contributed by atoms with Gasteiger partial charge in [-0.1, -0.05) is 42.5 Å². The van der Waals surface area contributed by atoms with Gasteiger partial charge >= 0.3 is 0 Å². The van der Waals surface area contributed by atoms with Crippen molar-refractivity contribution >= 4 is 0 Å².